The number of hydrogen-bond acceptors (Lipinski definition) is 6. The Morgan fingerprint density at radius 2 is 2.16 bits per heavy atom. The number of amides is 1. The topological polar surface area (TPSA) is 109 Å². The molecule has 31 heavy (non-hydrogen) atoms. The molecule has 9 heteroatoms. The van der Waals surface area contributed by atoms with Crippen molar-refractivity contribution in [2.24, 2.45) is 5.92 Å². The zero-order chi connectivity index (χ0) is 22.0. The van der Waals surface area contributed by atoms with Gasteiger partial charge in [-0.15, -0.1) is 10.2 Å². The third kappa shape index (κ3) is 4.76. The lowest BCUT2D eigenvalue weighted by atomic mass is 9.99. The SMILES string of the molecule is CC(C)n1cnnc1-c1cccc(NC(=O)C2=CC(=N)/C(=C\NCC3CC3)C=C2F)n1. The quantitative estimate of drug-likeness (QED) is 0.633. The van der Waals surface area contributed by atoms with Crippen LogP contribution in [-0.4, -0.2) is 37.9 Å². The maximum Gasteiger partial charge on any atom is 0.259 e. The summed E-state index contributed by atoms with van der Waals surface area (Å²) in [4.78, 5) is 17.1. The third-order valence-electron chi connectivity index (χ3n) is 5.09. The fourth-order valence-corrected chi connectivity index (χ4v) is 3.16. The van der Waals surface area contributed by atoms with Crippen LogP contribution in [0.4, 0.5) is 10.2 Å². The molecule has 0 radical (unpaired) electrons. The van der Waals surface area contributed by atoms with Crippen LogP contribution < -0.4 is 10.6 Å². The number of hydrogen-bond donors (Lipinski definition) is 3. The van der Waals surface area contributed by atoms with E-state index in [2.05, 4.69) is 25.8 Å². The fraction of sp³-hybridized carbons (Fsp3) is 0.318. The highest BCUT2D eigenvalue weighted by Crippen LogP contribution is 2.28. The summed E-state index contributed by atoms with van der Waals surface area (Å²) in [7, 11) is 0. The van der Waals surface area contributed by atoms with Crippen LogP contribution in [0.25, 0.3) is 11.5 Å². The summed E-state index contributed by atoms with van der Waals surface area (Å²) in [6.07, 6.45) is 8.08. The standard InChI is InChI=1S/C22H24FN7O/c1-13(2)30-12-26-29-21(30)19-4-3-5-20(27-19)28-22(31)16-9-18(24)15(8-17(16)23)11-25-10-14-6-7-14/h3-5,8-9,11-14,24-25H,6-7,10H2,1-2H3,(H,27,28,31)/b15-11-,24-18?. The van der Waals surface area contributed by atoms with Crippen molar-refractivity contribution in [3.8, 4) is 11.5 Å². The molecule has 2 heterocycles. The van der Waals surface area contributed by atoms with Crippen molar-refractivity contribution in [1.29, 1.82) is 5.41 Å². The van der Waals surface area contributed by atoms with Crippen LogP contribution in [0.5, 0.6) is 0 Å². The van der Waals surface area contributed by atoms with Gasteiger partial charge >= 0.3 is 0 Å². The minimum Gasteiger partial charge on any atom is -0.390 e. The fourth-order valence-electron chi connectivity index (χ4n) is 3.16. The summed E-state index contributed by atoms with van der Waals surface area (Å²) in [6.45, 7) is 4.82. The number of nitrogens with zero attached hydrogens (tertiary/aromatic N) is 4. The van der Waals surface area contributed by atoms with Gasteiger partial charge in [0, 0.05) is 24.4 Å². The van der Waals surface area contributed by atoms with Crippen LogP contribution in [0, 0.1) is 11.3 Å². The van der Waals surface area contributed by atoms with E-state index in [9.17, 15) is 9.18 Å². The largest absolute Gasteiger partial charge is 0.390 e. The van der Waals surface area contributed by atoms with E-state index >= 15 is 0 Å². The molecule has 0 aliphatic heterocycles. The first-order chi connectivity index (χ1) is 14.9. The molecule has 1 saturated carbocycles. The third-order valence-corrected chi connectivity index (χ3v) is 5.09. The summed E-state index contributed by atoms with van der Waals surface area (Å²) in [5.41, 5.74) is 0.809. The Morgan fingerprint density at radius 1 is 1.35 bits per heavy atom. The smallest absolute Gasteiger partial charge is 0.259 e. The molecule has 4 rings (SSSR count). The maximum absolute atomic E-state index is 14.6. The van der Waals surface area contributed by atoms with Crippen LogP contribution in [-0.2, 0) is 4.79 Å². The van der Waals surface area contributed by atoms with Gasteiger partial charge in [0.25, 0.3) is 5.91 Å². The van der Waals surface area contributed by atoms with Crippen molar-refractivity contribution in [2.45, 2.75) is 32.7 Å². The van der Waals surface area contributed by atoms with Gasteiger partial charge in [0.2, 0.25) is 0 Å². The van der Waals surface area contributed by atoms with Gasteiger partial charge in [0.1, 0.15) is 23.7 Å². The van der Waals surface area contributed by atoms with Crippen LogP contribution in [0.1, 0.15) is 32.7 Å². The Bertz CT molecular complexity index is 1110. The van der Waals surface area contributed by atoms with Crippen LogP contribution in [0.3, 0.4) is 0 Å². The van der Waals surface area contributed by atoms with Gasteiger partial charge < -0.3 is 20.6 Å². The van der Waals surface area contributed by atoms with Crippen molar-refractivity contribution in [3.63, 3.8) is 0 Å². The summed E-state index contributed by atoms with van der Waals surface area (Å²) < 4.78 is 16.5. The van der Waals surface area contributed by atoms with E-state index in [0.29, 0.717) is 23.0 Å². The molecule has 2 aromatic rings. The molecule has 2 aliphatic carbocycles. The first-order valence-electron chi connectivity index (χ1n) is 10.2. The number of pyridine rings is 1. The molecule has 0 saturated heterocycles. The second-order valence-electron chi connectivity index (χ2n) is 7.93. The van der Waals surface area contributed by atoms with E-state index in [1.807, 2.05) is 18.4 Å². The van der Waals surface area contributed by atoms with Gasteiger partial charge in [-0.1, -0.05) is 6.07 Å². The highest BCUT2D eigenvalue weighted by molar-refractivity contribution is 6.18. The molecule has 2 aromatic heterocycles. The first-order valence-corrected chi connectivity index (χ1v) is 10.2. The zero-order valence-corrected chi connectivity index (χ0v) is 17.4. The molecule has 160 valence electrons. The number of aromatic nitrogens is 4. The van der Waals surface area contributed by atoms with Crippen molar-refractivity contribution in [1.82, 2.24) is 25.1 Å². The molecule has 0 atom stereocenters. The maximum atomic E-state index is 14.6. The van der Waals surface area contributed by atoms with Gasteiger partial charge in [-0.3, -0.25) is 4.79 Å². The lowest BCUT2D eigenvalue weighted by Gasteiger charge is -2.14. The monoisotopic (exact) mass is 421 g/mol. The molecule has 3 N–H and O–H groups in total. The summed E-state index contributed by atoms with van der Waals surface area (Å²) in [6, 6.07) is 5.25. The molecule has 0 bridgehead atoms. The average molecular weight is 421 g/mol. The van der Waals surface area contributed by atoms with Crippen LogP contribution in [0.2, 0.25) is 0 Å². The van der Waals surface area contributed by atoms with Gasteiger partial charge in [0.15, 0.2) is 5.82 Å². The van der Waals surface area contributed by atoms with E-state index in [1.54, 1.807) is 30.7 Å². The van der Waals surface area contributed by atoms with Crippen molar-refractivity contribution in [2.75, 3.05) is 11.9 Å². The second kappa shape index (κ2) is 8.63. The molecular weight excluding hydrogens is 397 g/mol. The minimum absolute atomic E-state index is 0.0709. The Morgan fingerprint density at radius 3 is 2.90 bits per heavy atom. The minimum atomic E-state index is -0.691. The number of halogens is 1. The van der Waals surface area contributed by atoms with Gasteiger partial charge in [-0.25, -0.2) is 9.37 Å². The lowest BCUT2D eigenvalue weighted by molar-refractivity contribution is -0.112. The number of carbonyl (C=O) groups excluding carboxylic acids is 1. The second-order valence-corrected chi connectivity index (χ2v) is 7.93. The number of nitrogens with one attached hydrogen (secondary N) is 3. The molecule has 1 amide bonds. The number of rotatable bonds is 7. The van der Waals surface area contributed by atoms with Gasteiger partial charge in [-0.05, 0) is 56.9 Å². The molecule has 8 nitrogen and oxygen atoms in total. The predicted octanol–water partition coefficient (Wildman–Crippen LogP) is 3.56. The van der Waals surface area contributed by atoms with Crippen LogP contribution >= 0.6 is 0 Å². The van der Waals surface area contributed by atoms with E-state index in [0.717, 1.165) is 6.54 Å². The Balaban J connectivity index is 1.47. The predicted molar refractivity (Wildman–Crippen MR) is 116 cm³/mol. The summed E-state index contributed by atoms with van der Waals surface area (Å²) in [5.74, 6) is 0.137. The summed E-state index contributed by atoms with van der Waals surface area (Å²) >= 11 is 0. The van der Waals surface area contributed by atoms with Crippen molar-refractivity contribution >= 4 is 17.4 Å². The average Bonchev–Trinajstić information content (AvgIpc) is 3.42. The van der Waals surface area contributed by atoms with E-state index in [1.165, 1.54) is 25.0 Å². The van der Waals surface area contributed by atoms with Crippen molar-refractivity contribution in [3.05, 3.63) is 59.9 Å². The molecule has 0 unspecified atom stereocenters. The van der Waals surface area contributed by atoms with E-state index in [-0.39, 0.29) is 23.1 Å². The number of allylic oxidation sites excluding steroid dienone is 3. The molecule has 0 spiro atoms. The normalized spacial score (nSPS) is 17.5. The number of anilines is 1. The summed E-state index contributed by atoms with van der Waals surface area (Å²) in [5, 5.41) is 21.9. The molecule has 1 fully saturated rings. The highest BCUT2D eigenvalue weighted by Gasteiger charge is 2.23. The molecule has 2 aliphatic rings. The molecule has 0 aromatic carbocycles. The highest BCUT2D eigenvalue weighted by atomic mass is 19.1. The lowest BCUT2D eigenvalue weighted by Crippen LogP contribution is -2.20. The van der Waals surface area contributed by atoms with Crippen molar-refractivity contribution < 1.29 is 9.18 Å². The Kier molecular flexibility index (Phi) is 5.75. The van der Waals surface area contributed by atoms with E-state index in [4.69, 9.17) is 5.41 Å². The first kappa shape index (κ1) is 20.6. The Hall–Kier alpha value is -3.62. The Labute approximate surface area is 179 Å². The van der Waals surface area contributed by atoms with Gasteiger partial charge in [0.05, 0.1) is 11.3 Å². The zero-order valence-electron chi connectivity index (χ0n) is 17.4. The number of carbonyl (C=O) groups is 1. The van der Waals surface area contributed by atoms with E-state index < -0.39 is 11.7 Å². The molecular formula is C22H24FN7O. The van der Waals surface area contributed by atoms with Gasteiger partial charge in [-0.2, -0.15) is 0 Å². The van der Waals surface area contributed by atoms with Crippen LogP contribution in [0.15, 0.2) is 59.9 Å².